The fourth-order valence-corrected chi connectivity index (χ4v) is 2.38. The van der Waals surface area contributed by atoms with Crippen molar-refractivity contribution in [3.05, 3.63) is 35.1 Å². The Morgan fingerprint density at radius 2 is 1.89 bits per heavy atom. The van der Waals surface area contributed by atoms with Crippen LogP contribution in [0.4, 0.5) is 17.6 Å². The molecule has 0 saturated heterocycles. The normalized spacial score (nSPS) is 15.3. The lowest BCUT2D eigenvalue weighted by atomic mass is 9.90. The van der Waals surface area contributed by atoms with Gasteiger partial charge in [0.25, 0.3) is 0 Å². The zero-order valence-corrected chi connectivity index (χ0v) is 11.3. The minimum Gasteiger partial charge on any atom is -0.313 e. The summed E-state index contributed by atoms with van der Waals surface area (Å²) in [5.74, 6) is -1.11. The Morgan fingerprint density at radius 1 is 1.26 bits per heavy atom. The van der Waals surface area contributed by atoms with Crippen LogP contribution in [0, 0.1) is 11.7 Å². The van der Waals surface area contributed by atoms with Crippen LogP contribution in [-0.4, -0.2) is 7.05 Å². The highest BCUT2D eigenvalue weighted by Gasteiger charge is 2.36. The SMILES string of the molecule is CCCC(C)C(NC)c1cccc(C(F)(F)F)c1F. The Bertz CT molecular complexity index is 414. The van der Waals surface area contributed by atoms with Gasteiger partial charge in [-0.3, -0.25) is 0 Å². The summed E-state index contributed by atoms with van der Waals surface area (Å²) >= 11 is 0. The van der Waals surface area contributed by atoms with Crippen LogP contribution >= 0.6 is 0 Å². The molecule has 19 heavy (non-hydrogen) atoms. The molecule has 0 aromatic heterocycles. The molecule has 0 fully saturated rings. The van der Waals surface area contributed by atoms with Gasteiger partial charge in [-0.1, -0.05) is 32.4 Å². The van der Waals surface area contributed by atoms with Gasteiger partial charge in [-0.15, -0.1) is 0 Å². The van der Waals surface area contributed by atoms with E-state index in [0.29, 0.717) is 0 Å². The zero-order valence-electron chi connectivity index (χ0n) is 11.3. The van der Waals surface area contributed by atoms with Crippen molar-refractivity contribution in [2.24, 2.45) is 5.92 Å². The lowest BCUT2D eigenvalue weighted by Crippen LogP contribution is -2.25. The van der Waals surface area contributed by atoms with Crippen molar-refractivity contribution in [2.75, 3.05) is 7.05 Å². The molecular formula is C14H19F4N. The number of benzene rings is 1. The van der Waals surface area contributed by atoms with Crippen molar-refractivity contribution >= 4 is 0 Å². The molecule has 1 aromatic carbocycles. The Kier molecular flexibility index (Phi) is 5.35. The molecule has 0 aliphatic rings. The van der Waals surface area contributed by atoms with Crippen LogP contribution in [0.5, 0.6) is 0 Å². The number of hydrogen-bond acceptors (Lipinski definition) is 1. The molecule has 0 bridgehead atoms. The molecule has 0 saturated carbocycles. The molecule has 0 amide bonds. The average molecular weight is 277 g/mol. The van der Waals surface area contributed by atoms with Crippen molar-refractivity contribution < 1.29 is 17.6 Å². The van der Waals surface area contributed by atoms with Gasteiger partial charge < -0.3 is 5.32 Å². The third-order valence-corrected chi connectivity index (χ3v) is 3.29. The van der Waals surface area contributed by atoms with Gasteiger partial charge in [0.1, 0.15) is 5.82 Å². The van der Waals surface area contributed by atoms with E-state index in [0.717, 1.165) is 18.9 Å². The maximum Gasteiger partial charge on any atom is 0.419 e. The van der Waals surface area contributed by atoms with E-state index < -0.39 is 23.6 Å². The van der Waals surface area contributed by atoms with Crippen LogP contribution in [0.15, 0.2) is 18.2 Å². The van der Waals surface area contributed by atoms with Gasteiger partial charge in [-0.05, 0) is 25.5 Å². The maximum absolute atomic E-state index is 14.0. The van der Waals surface area contributed by atoms with Gasteiger partial charge in [0.05, 0.1) is 5.56 Å². The molecule has 0 aliphatic heterocycles. The van der Waals surface area contributed by atoms with Crippen LogP contribution in [0.3, 0.4) is 0 Å². The first kappa shape index (κ1) is 16.0. The number of rotatable bonds is 5. The van der Waals surface area contributed by atoms with Crippen LogP contribution in [0.1, 0.15) is 43.9 Å². The van der Waals surface area contributed by atoms with Gasteiger partial charge in [0.2, 0.25) is 0 Å². The van der Waals surface area contributed by atoms with Gasteiger partial charge >= 0.3 is 6.18 Å². The third-order valence-electron chi connectivity index (χ3n) is 3.29. The van der Waals surface area contributed by atoms with Crippen molar-refractivity contribution in [1.82, 2.24) is 5.32 Å². The smallest absolute Gasteiger partial charge is 0.313 e. The lowest BCUT2D eigenvalue weighted by Gasteiger charge is -2.25. The first-order valence-corrected chi connectivity index (χ1v) is 6.35. The first-order chi connectivity index (χ1) is 8.82. The van der Waals surface area contributed by atoms with E-state index in [2.05, 4.69) is 5.32 Å². The highest BCUT2D eigenvalue weighted by atomic mass is 19.4. The highest BCUT2D eigenvalue weighted by molar-refractivity contribution is 5.30. The predicted molar refractivity (Wildman–Crippen MR) is 67.3 cm³/mol. The van der Waals surface area contributed by atoms with E-state index in [-0.39, 0.29) is 11.5 Å². The summed E-state index contributed by atoms with van der Waals surface area (Å²) in [7, 11) is 1.64. The Balaban J connectivity index is 3.19. The first-order valence-electron chi connectivity index (χ1n) is 6.35. The van der Waals surface area contributed by atoms with Crippen LogP contribution < -0.4 is 5.32 Å². The molecule has 0 aliphatic carbocycles. The minimum atomic E-state index is -4.66. The fourth-order valence-electron chi connectivity index (χ4n) is 2.38. The van der Waals surface area contributed by atoms with E-state index in [4.69, 9.17) is 0 Å². The van der Waals surface area contributed by atoms with Gasteiger partial charge in [-0.2, -0.15) is 13.2 Å². The molecule has 0 radical (unpaired) electrons. The molecule has 0 heterocycles. The van der Waals surface area contributed by atoms with Crippen molar-refractivity contribution in [3.8, 4) is 0 Å². The number of alkyl halides is 3. The molecule has 1 rings (SSSR count). The summed E-state index contributed by atoms with van der Waals surface area (Å²) in [6.07, 6.45) is -2.94. The molecule has 1 aromatic rings. The number of halogens is 4. The van der Waals surface area contributed by atoms with Crippen molar-refractivity contribution in [3.63, 3.8) is 0 Å². The summed E-state index contributed by atoms with van der Waals surface area (Å²) in [4.78, 5) is 0. The Morgan fingerprint density at radius 3 is 2.37 bits per heavy atom. The molecule has 1 N–H and O–H groups in total. The van der Waals surface area contributed by atoms with Gasteiger partial charge in [0, 0.05) is 11.6 Å². The molecule has 5 heteroatoms. The zero-order chi connectivity index (χ0) is 14.6. The topological polar surface area (TPSA) is 12.0 Å². The van der Waals surface area contributed by atoms with Crippen LogP contribution in [-0.2, 0) is 6.18 Å². The largest absolute Gasteiger partial charge is 0.419 e. The average Bonchev–Trinajstić information content (AvgIpc) is 2.31. The van der Waals surface area contributed by atoms with Crippen molar-refractivity contribution in [2.45, 2.75) is 38.9 Å². The summed E-state index contributed by atoms with van der Waals surface area (Å²) in [6, 6.07) is 3.03. The monoisotopic (exact) mass is 277 g/mol. The standard InChI is InChI=1S/C14H19F4N/c1-4-6-9(2)13(19-3)10-7-5-8-11(12(10)15)14(16,17)18/h5,7-9,13,19H,4,6H2,1-3H3. The lowest BCUT2D eigenvalue weighted by molar-refractivity contribution is -0.140. The Hall–Kier alpha value is -1.10. The second-order valence-corrected chi connectivity index (χ2v) is 4.74. The molecular weight excluding hydrogens is 258 g/mol. The molecule has 2 atom stereocenters. The van der Waals surface area contributed by atoms with Gasteiger partial charge in [-0.25, -0.2) is 4.39 Å². The minimum absolute atomic E-state index is 0.0629. The van der Waals surface area contributed by atoms with E-state index in [1.54, 1.807) is 7.05 Å². The molecule has 108 valence electrons. The van der Waals surface area contributed by atoms with Crippen LogP contribution in [0.2, 0.25) is 0 Å². The Labute approximate surface area is 111 Å². The fraction of sp³-hybridized carbons (Fsp3) is 0.571. The van der Waals surface area contributed by atoms with E-state index >= 15 is 0 Å². The van der Waals surface area contributed by atoms with E-state index in [1.807, 2.05) is 13.8 Å². The van der Waals surface area contributed by atoms with E-state index in [1.165, 1.54) is 12.1 Å². The summed E-state index contributed by atoms with van der Waals surface area (Å²) in [6.45, 7) is 3.90. The van der Waals surface area contributed by atoms with E-state index in [9.17, 15) is 17.6 Å². The summed E-state index contributed by atoms with van der Waals surface area (Å²) in [5.41, 5.74) is -1.12. The van der Waals surface area contributed by atoms with Crippen LogP contribution in [0.25, 0.3) is 0 Å². The summed E-state index contributed by atoms with van der Waals surface area (Å²) in [5, 5.41) is 2.92. The molecule has 1 nitrogen and oxygen atoms in total. The predicted octanol–water partition coefficient (Wildman–Crippen LogP) is 4.54. The van der Waals surface area contributed by atoms with Gasteiger partial charge in [0.15, 0.2) is 0 Å². The molecule has 0 spiro atoms. The maximum atomic E-state index is 14.0. The number of nitrogens with one attached hydrogen (secondary N) is 1. The van der Waals surface area contributed by atoms with Crippen molar-refractivity contribution in [1.29, 1.82) is 0 Å². The summed E-state index contributed by atoms with van der Waals surface area (Å²) < 4.78 is 52.1. The number of hydrogen-bond donors (Lipinski definition) is 1. The second-order valence-electron chi connectivity index (χ2n) is 4.74. The second kappa shape index (κ2) is 6.37. The molecule has 2 unspecified atom stereocenters. The highest BCUT2D eigenvalue weighted by Crippen LogP contribution is 2.35. The quantitative estimate of drug-likeness (QED) is 0.779. The third kappa shape index (κ3) is 3.69.